The molecule has 0 N–H and O–H groups in total. The fraction of sp³-hybridized carbons (Fsp3) is 0.273. The van der Waals surface area contributed by atoms with Gasteiger partial charge in [0.15, 0.2) is 0 Å². The predicted octanol–water partition coefficient (Wildman–Crippen LogP) is 14.1. The molecule has 0 aliphatic carbocycles. The van der Waals surface area contributed by atoms with Crippen LogP contribution in [-0.4, -0.2) is 35.2 Å². The van der Waals surface area contributed by atoms with Crippen LogP contribution in [0.5, 0.6) is 0 Å². The monoisotopic (exact) mass is 796 g/mol. The fourth-order valence-electron chi connectivity index (χ4n) is 2.82. The summed E-state index contributed by atoms with van der Waals surface area (Å²) >= 11 is 31.0. The van der Waals surface area contributed by atoms with Gasteiger partial charge in [0.25, 0.3) is 0 Å². The Kier molecular flexibility index (Phi) is 14.5. The number of hydrogen-bond donors (Lipinski definition) is 0. The lowest BCUT2D eigenvalue weighted by Crippen LogP contribution is -1.80. The van der Waals surface area contributed by atoms with Gasteiger partial charge in [-0.1, -0.05) is 94.1 Å². The van der Waals surface area contributed by atoms with Crippen LogP contribution in [0.1, 0.15) is 0 Å². The van der Waals surface area contributed by atoms with Gasteiger partial charge in [-0.15, -0.1) is 94.1 Å². The van der Waals surface area contributed by atoms with E-state index in [2.05, 4.69) is 49.3 Å². The minimum absolute atomic E-state index is 1.07. The maximum absolute atomic E-state index is 2.33. The molecular formula is C22H20S16. The molecule has 0 aromatic carbocycles. The van der Waals surface area contributed by atoms with Crippen molar-refractivity contribution in [3.63, 3.8) is 0 Å². The van der Waals surface area contributed by atoms with Crippen LogP contribution in [0.2, 0.25) is 0 Å². The molecule has 0 nitrogen and oxygen atoms in total. The van der Waals surface area contributed by atoms with Crippen LogP contribution >= 0.6 is 188 Å². The lowest BCUT2D eigenvalue weighted by Gasteiger charge is -2.09. The highest BCUT2D eigenvalue weighted by Gasteiger charge is 2.28. The van der Waals surface area contributed by atoms with Crippen LogP contribution in [0, 0.1) is 0 Å². The quantitative estimate of drug-likeness (QED) is 0.250. The Hall–Kier alpha value is 3.52. The molecule has 0 aromatic rings. The molecule has 5 aliphatic heterocycles. The van der Waals surface area contributed by atoms with Crippen LogP contribution < -0.4 is 0 Å². The SMILES string of the molecule is CSC1=C(SC)SC(=CC=C2SC3=C(SCSC4=C(SCS3)SC(=CC=C3SC(SC)=C(SC)S3)S4)S2)S1. The van der Waals surface area contributed by atoms with Crippen LogP contribution in [-0.2, 0) is 0 Å². The van der Waals surface area contributed by atoms with Crippen molar-refractivity contribution >= 4 is 188 Å². The van der Waals surface area contributed by atoms with Crippen molar-refractivity contribution in [1.29, 1.82) is 0 Å². The Balaban J connectivity index is 1.15. The standard InChI is InChI=1S/C22H20S16/c1-23-15-16(24-2)32-11(31-15)5-7-13-35-19-20(36-13)28-10-30-22-21(29-9-27-19)37-14(38-22)8-6-12-33-17(25-3)18(26-4)34-12/h5-8H,9-10H2,1-4H3. The Morgan fingerprint density at radius 3 is 0.868 bits per heavy atom. The average molecular weight is 797 g/mol. The average Bonchev–Trinajstić information content (AvgIpc) is 3.71. The third-order valence-electron chi connectivity index (χ3n) is 4.43. The van der Waals surface area contributed by atoms with E-state index in [1.165, 1.54) is 50.8 Å². The van der Waals surface area contributed by atoms with Crippen molar-refractivity contribution in [1.82, 2.24) is 0 Å². The van der Waals surface area contributed by atoms with Crippen molar-refractivity contribution in [3.8, 4) is 0 Å². The third kappa shape index (κ3) is 8.82. The minimum Gasteiger partial charge on any atom is -0.121 e. The van der Waals surface area contributed by atoms with E-state index in [1.807, 2.05) is 188 Å². The van der Waals surface area contributed by atoms with Crippen molar-refractivity contribution in [3.05, 3.63) is 75.2 Å². The highest BCUT2D eigenvalue weighted by molar-refractivity contribution is 8.46. The van der Waals surface area contributed by atoms with Crippen LogP contribution in [0.25, 0.3) is 0 Å². The fourth-order valence-corrected chi connectivity index (χ4v) is 24.9. The molecule has 204 valence electrons. The molecule has 0 unspecified atom stereocenters. The first-order valence-corrected chi connectivity index (χ1v) is 25.9. The molecule has 0 aromatic heterocycles. The zero-order valence-electron chi connectivity index (χ0n) is 20.3. The van der Waals surface area contributed by atoms with E-state index in [9.17, 15) is 0 Å². The Bertz CT molecular complexity index is 1050. The van der Waals surface area contributed by atoms with Crippen molar-refractivity contribution in [2.24, 2.45) is 0 Å². The lowest BCUT2D eigenvalue weighted by atomic mass is 10.6. The van der Waals surface area contributed by atoms with Gasteiger partial charge < -0.3 is 0 Å². The highest BCUT2D eigenvalue weighted by atomic mass is 32.3. The van der Waals surface area contributed by atoms with Crippen LogP contribution in [0.15, 0.2) is 75.2 Å². The topological polar surface area (TPSA) is 0 Å². The summed E-state index contributed by atoms with van der Waals surface area (Å²) < 4.78 is 17.2. The molecule has 38 heavy (non-hydrogen) atoms. The Morgan fingerprint density at radius 2 is 0.632 bits per heavy atom. The summed E-state index contributed by atoms with van der Waals surface area (Å²) in [6.45, 7) is 0. The van der Waals surface area contributed by atoms with Gasteiger partial charge in [-0.3, -0.25) is 0 Å². The van der Waals surface area contributed by atoms with Crippen molar-refractivity contribution in [2.75, 3.05) is 35.2 Å². The first-order chi connectivity index (χ1) is 18.6. The van der Waals surface area contributed by atoms with Gasteiger partial charge in [-0.2, -0.15) is 0 Å². The van der Waals surface area contributed by atoms with Crippen molar-refractivity contribution < 1.29 is 0 Å². The number of allylic oxidation sites excluding steroid dienone is 4. The summed E-state index contributed by atoms with van der Waals surface area (Å²) in [4.78, 5) is 0. The van der Waals surface area contributed by atoms with Gasteiger partial charge in [0.1, 0.15) is 0 Å². The van der Waals surface area contributed by atoms with Gasteiger partial charge >= 0.3 is 0 Å². The second-order valence-corrected chi connectivity index (χ2v) is 26.1. The number of rotatable bonds is 6. The van der Waals surface area contributed by atoms with Crippen molar-refractivity contribution in [2.45, 2.75) is 0 Å². The van der Waals surface area contributed by atoms with Gasteiger partial charge in [0.05, 0.1) is 50.8 Å². The molecule has 5 rings (SSSR count). The molecule has 0 saturated carbocycles. The highest BCUT2D eigenvalue weighted by Crippen LogP contribution is 2.64. The van der Waals surface area contributed by atoms with E-state index >= 15 is 0 Å². The molecule has 0 amide bonds. The molecular weight excluding hydrogens is 777 g/mol. The Labute approximate surface area is 294 Å². The molecule has 0 atom stereocenters. The largest absolute Gasteiger partial charge is 0.121 e. The smallest absolute Gasteiger partial charge is 0.0668 e. The van der Waals surface area contributed by atoms with E-state index in [1.54, 1.807) is 0 Å². The zero-order valence-corrected chi connectivity index (χ0v) is 33.3. The molecule has 0 radical (unpaired) electrons. The van der Waals surface area contributed by atoms with Gasteiger partial charge in [0.2, 0.25) is 0 Å². The summed E-state index contributed by atoms with van der Waals surface area (Å²) in [5.74, 6) is 0. The normalized spacial score (nSPS) is 22.6. The maximum Gasteiger partial charge on any atom is 0.0668 e. The summed E-state index contributed by atoms with van der Waals surface area (Å²) in [5, 5.41) is 2.13. The van der Waals surface area contributed by atoms with Gasteiger partial charge in [0, 0.05) is 10.2 Å². The molecule has 0 saturated heterocycles. The molecule has 5 aliphatic rings. The van der Waals surface area contributed by atoms with E-state index in [4.69, 9.17) is 0 Å². The minimum atomic E-state index is 1.07. The zero-order chi connectivity index (χ0) is 26.5. The van der Waals surface area contributed by atoms with Gasteiger partial charge in [-0.25, -0.2) is 0 Å². The molecule has 0 bridgehead atoms. The summed E-state index contributed by atoms with van der Waals surface area (Å²) in [6, 6.07) is 0. The summed E-state index contributed by atoms with van der Waals surface area (Å²) in [6.07, 6.45) is 18.0. The van der Waals surface area contributed by atoms with E-state index in [0.717, 1.165) is 10.2 Å². The summed E-state index contributed by atoms with van der Waals surface area (Å²) in [7, 11) is 0. The summed E-state index contributed by atoms with van der Waals surface area (Å²) in [5.41, 5.74) is 0. The van der Waals surface area contributed by atoms with Crippen LogP contribution in [0.4, 0.5) is 0 Å². The second kappa shape index (κ2) is 16.7. The van der Waals surface area contributed by atoms with E-state index in [0.29, 0.717) is 0 Å². The number of thioether (sulfide) groups is 16. The first kappa shape index (κ1) is 32.9. The lowest BCUT2D eigenvalue weighted by molar-refractivity contribution is 2.05. The van der Waals surface area contributed by atoms with Crippen LogP contribution in [0.3, 0.4) is 0 Å². The molecule has 0 spiro atoms. The Morgan fingerprint density at radius 1 is 0.395 bits per heavy atom. The molecule has 16 heteroatoms. The molecule has 0 fully saturated rings. The number of hydrogen-bond acceptors (Lipinski definition) is 16. The van der Waals surface area contributed by atoms with E-state index < -0.39 is 0 Å². The second-order valence-electron chi connectivity index (χ2n) is 6.69. The predicted molar refractivity (Wildman–Crippen MR) is 215 cm³/mol. The van der Waals surface area contributed by atoms with E-state index in [-0.39, 0.29) is 0 Å². The third-order valence-corrected chi connectivity index (χ3v) is 25.8. The van der Waals surface area contributed by atoms with Gasteiger partial charge in [-0.05, 0) is 49.3 Å². The first-order valence-electron chi connectivity index (χ1n) is 10.5. The molecule has 5 heterocycles. The maximum atomic E-state index is 2.33.